The monoisotopic (exact) mass is 729 g/mol. The number of methoxy groups -OCH3 is 1. The summed E-state index contributed by atoms with van der Waals surface area (Å²) in [7, 11) is 15.6. The lowest BCUT2D eigenvalue weighted by atomic mass is 10.1. The van der Waals surface area contributed by atoms with Gasteiger partial charge in [0.2, 0.25) is 5.91 Å². The third-order valence-corrected chi connectivity index (χ3v) is 9.89. The van der Waals surface area contributed by atoms with Crippen LogP contribution < -0.4 is 9.47 Å². The van der Waals surface area contributed by atoms with Gasteiger partial charge in [-0.25, -0.2) is 0 Å². The molecule has 11 heteroatoms. The van der Waals surface area contributed by atoms with Crippen LogP contribution in [-0.4, -0.2) is 66.8 Å². The van der Waals surface area contributed by atoms with Gasteiger partial charge < -0.3 is 28.9 Å². The number of likely N-dealkylation sites (N-methyl/N-ethyl adjacent to an activating group) is 1. The number of aryl methyl sites for hydroxylation is 2. The summed E-state index contributed by atoms with van der Waals surface area (Å²) in [6.45, 7) is 2.13. The number of aromatic nitrogens is 3. The molecule has 50 heavy (non-hydrogen) atoms. The second-order valence-corrected chi connectivity index (χ2v) is 16.4. The van der Waals surface area contributed by atoms with E-state index in [2.05, 4.69) is 98.6 Å². The van der Waals surface area contributed by atoms with E-state index in [1.54, 1.807) is 24.1 Å². The highest BCUT2D eigenvalue weighted by molar-refractivity contribution is 8.13. The Morgan fingerprint density at radius 2 is 1.52 bits per heavy atom. The zero-order valence-corrected chi connectivity index (χ0v) is 32.7. The highest BCUT2D eigenvalue weighted by Gasteiger charge is 2.28. The largest absolute Gasteiger partial charge is 0.618 e. The molecule has 3 aromatic heterocycles. The van der Waals surface area contributed by atoms with Gasteiger partial charge in [0, 0.05) is 94.8 Å². The summed E-state index contributed by atoms with van der Waals surface area (Å²) in [5.41, 5.74) is 4.55. The molecule has 0 aliphatic rings. The van der Waals surface area contributed by atoms with Crippen LogP contribution in [0.25, 0.3) is 21.8 Å². The molecule has 3 unspecified atom stereocenters. The van der Waals surface area contributed by atoms with Crippen LogP contribution in [0, 0.1) is 17.2 Å². The average molecular weight is 730 g/mol. The first kappa shape index (κ1) is 39.9. The molecule has 0 aliphatic carbocycles. The lowest BCUT2D eigenvalue weighted by Crippen LogP contribution is -2.26. The number of rotatable bonds is 4. The van der Waals surface area contributed by atoms with Gasteiger partial charge in [0.1, 0.15) is 5.75 Å². The Hall–Kier alpha value is -4.53. The number of para-hydroxylation sites is 2. The van der Waals surface area contributed by atoms with Gasteiger partial charge in [0.05, 0.1) is 12.8 Å². The molecule has 262 valence electrons. The minimum atomic E-state index is -0.460. The topological polar surface area (TPSA) is 69.6 Å². The Kier molecular flexibility index (Phi) is 15.6. The molecule has 8 nitrogen and oxygen atoms in total. The van der Waals surface area contributed by atoms with Gasteiger partial charge >= 0.3 is 0 Å². The number of amides is 1. The van der Waals surface area contributed by atoms with Crippen LogP contribution in [-0.2, 0) is 18.9 Å². The summed E-state index contributed by atoms with van der Waals surface area (Å²) >= 11 is 5.36. The van der Waals surface area contributed by atoms with Crippen LogP contribution in [0.5, 0.6) is 5.75 Å². The summed E-state index contributed by atoms with van der Waals surface area (Å²) < 4.78 is 9.86. The predicted molar refractivity (Wildman–Crippen MR) is 214 cm³/mol. The molecule has 1 amide bonds. The van der Waals surface area contributed by atoms with E-state index in [0.29, 0.717) is 4.73 Å². The Bertz CT molecular complexity index is 2010. The number of hydrogen-bond acceptors (Lipinski definition) is 4. The van der Waals surface area contributed by atoms with Gasteiger partial charge in [-0.15, -0.1) is 8.93 Å². The van der Waals surface area contributed by atoms with Crippen LogP contribution in [0.2, 0.25) is 5.15 Å². The first-order valence-corrected chi connectivity index (χ1v) is 19.6. The van der Waals surface area contributed by atoms with Crippen molar-refractivity contribution >= 4 is 55.9 Å². The van der Waals surface area contributed by atoms with Crippen molar-refractivity contribution in [2.45, 2.75) is 5.66 Å². The summed E-state index contributed by atoms with van der Waals surface area (Å²) in [5.74, 6) is 4.05. The van der Waals surface area contributed by atoms with E-state index in [4.69, 9.17) is 16.3 Å². The van der Waals surface area contributed by atoms with E-state index in [1.807, 2.05) is 76.5 Å². The molecule has 0 aliphatic heterocycles. The van der Waals surface area contributed by atoms with Crippen LogP contribution in [0.1, 0.15) is 16.8 Å². The van der Waals surface area contributed by atoms with Crippen molar-refractivity contribution < 1.29 is 14.3 Å². The number of ether oxygens (including phenoxy) is 1. The molecular weight excluding hydrogens is 684 g/mol. The van der Waals surface area contributed by atoms with Gasteiger partial charge in [0.15, 0.2) is 6.20 Å². The van der Waals surface area contributed by atoms with Crippen molar-refractivity contribution in [3.63, 3.8) is 0 Å². The molecule has 0 fully saturated rings. The van der Waals surface area contributed by atoms with E-state index in [0.717, 1.165) is 16.9 Å². The molecular formula is C39H46ClN5O3P2. The molecule has 6 aromatic rings. The fraction of sp³-hybridized carbons (Fsp3) is 0.231. The number of nitrogens with zero attached hydrogens (tertiary/aromatic N) is 5. The number of carbonyl (C=O) groups is 1. The first-order chi connectivity index (χ1) is 23.8. The van der Waals surface area contributed by atoms with E-state index < -0.39 is 7.61 Å². The van der Waals surface area contributed by atoms with E-state index in [1.165, 1.54) is 34.1 Å². The maximum absolute atomic E-state index is 12.5. The quantitative estimate of drug-likeness (QED) is 0.0462. The zero-order valence-electron chi connectivity index (χ0n) is 29.9. The van der Waals surface area contributed by atoms with Crippen LogP contribution in [0.4, 0.5) is 0 Å². The maximum Gasteiger partial charge on any atom is 0.286 e. The van der Waals surface area contributed by atoms with E-state index >= 15 is 0 Å². The predicted octanol–water partition coefficient (Wildman–Crippen LogP) is 7.93. The smallest absolute Gasteiger partial charge is 0.286 e. The number of carbonyl (C=O) groups excluding carboxylic acids is 1. The standard InChI is InChI=1S/C14H20N2OP2.C11H13NO.C9H9N.C5H4ClNO/c1-15(2)14(17)13(19(4)18)11-9-16(3)12-8-6-5-7-10(11)12;1-12(2)9-8-10-4-6-11(13-3)7-5-10;1-10-7-6-8-4-2-3-5-9(8)10;6-5-3-1-2-4-7(5)8/h5-9,13H,18H2,1-4H3;4-7H,1-3H3;2-7H,1H3;1-4H. The molecule has 0 saturated carbocycles. The van der Waals surface area contributed by atoms with Crippen LogP contribution >= 0.6 is 28.1 Å². The highest BCUT2D eigenvalue weighted by atomic mass is 35.5. The van der Waals surface area contributed by atoms with Crippen molar-refractivity contribution in [1.29, 1.82) is 0 Å². The summed E-state index contributed by atoms with van der Waals surface area (Å²) in [6, 6.07) is 34.2. The molecule has 0 N–H and O–H groups in total. The molecule has 3 atom stereocenters. The fourth-order valence-corrected chi connectivity index (χ4v) is 7.06. The third-order valence-electron chi connectivity index (χ3n) is 7.39. The van der Waals surface area contributed by atoms with Gasteiger partial charge in [0.25, 0.3) is 5.15 Å². The Morgan fingerprint density at radius 1 is 0.900 bits per heavy atom. The second kappa shape index (κ2) is 19.6. The summed E-state index contributed by atoms with van der Waals surface area (Å²) in [5, 5.41) is 13.1. The fourth-order valence-electron chi connectivity index (χ4n) is 4.84. The molecule has 0 bridgehead atoms. The maximum atomic E-state index is 12.5. The number of benzene rings is 3. The molecule has 3 aromatic carbocycles. The van der Waals surface area contributed by atoms with Gasteiger partial charge in [-0.2, -0.15) is 4.73 Å². The normalized spacial score (nSPS) is 11.2. The van der Waals surface area contributed by atoms with Gasteiger partial charge in [-0.3, -0.25) is 4.79 Å². The molecule has 3 heterocycles. The number of hydrogen-bond donors (Lipinski definition) is 0. The van der Waals surface area contributed by atoms with Crippen molar-refractivity contribution in [2.75, 3.05) is 42.0 Å². The van der Waals surface area contributed by atoms with Crippen molar-refractivity contribution in [3.05, 3.63) is 137 Å². The number of fused-ring (bicyclic) bond motifs is 2. The SMILES string of the molecule is CN(C)C(=O)C(c1cn(C)c2ccccc12)P(C)P.COc1ccc(C#CN(C)C)cc1.Cn1ccc2ccccc21.[O-][n+]1ccccc1Cl. The lowest BCUT2D eigenvalue weighted by molar-refractivity contribution is -0.603. The minimum Gasteiger partial charge on any atom is -0.618 e. The zero-order chi connectivity index (χ0) is 36.8. The van der Waals surface area contributed by atoms with Crippen molar-refractivity contribution in [2.24, 2.45) is 14.1 Å². The highest BCUT2D eigenvalue weighted by Crippen LogP contribution is 2.56. The summed E-state index contributed by atoms with van der Waals surface area (Å²) in [6.07, 6.45) is 5.52. The van der Waals surface area contributed by atoms with Crippen LogP contribution in [0.3, 0.4) is 0 Å². The Balaban J connectivity index is 0.000000190. The average Bonchev–Trinajstić information content (AvgIpc) is 3.65. The number of halogens is 1. The third kappa shape index (κ3) is 11.5. The van der Waals surface area contributed by atoms with Crippen LogP contribution in [0.15, 0.2) is 116 Å². The molecule has 0 spiro atoms. The number of pyridine rings is 1. The Labute approximate surface area is 304 Å². The minimum absolute atomic E-state index is 0.0545. The Morgan fingerprint density at radius 3 is 2.06 bits per heavy atom. The second-order valence-electron chi connectivity index (χ2n) is 11.7. The van der Waals surface area contributed by atoms with E-state index in [9.17, 15) is 10.0 Å². The molecule has 6 rings (SSSR count). The van der Waals surface area contributed by atoms with E-state index in [-0.39, 0.29) is 16.7 Å². The molecule has 0 saturated heterocycles. The van der Waals surface area contributed by atoms with Crippen molar-refractivity contribution in [1.82, 2.24) is 18.9 Å². The van der Waals surface area contributed by atoms with Gasteiger partial charge in [-0.1, -0.05) is 44.0 Å². The summed E-state index contributed by atoms with van der Waals surface area (Å²) in [4.78, 5) is 16.0. The van der Waals surface area contributed by atoms with Gasteiger partial charge in [-0.05, 0) is 83.7 Å². The molecule has 0 radical (unpaired) electrons. The lowest BCUT2D eigenvalue weighted by Gasteiger charge is -2.23. The van der Waals surface area contributed by atoms with Crippen molar-refractivity contribution in [3.8, 4) is 17.7 Å². The first-order valence-electron chi connectivity index (χ1n) is 15.7.